The van der Waals surface area contributed by atoms with Gasteiger partial charge < -0.3 is 19.9 Å². The highest BCUT2D eigenvalue weighted by Crippen LogP contribution is 2.37. The summed E-state index contributed by atoms with van der Waals surface area (Å²) in [6, 6.07) is 3.41. The van der Waals surface area contributed by atoms with E-state index in [2.05, 4.69) is 21.2 Å². The van der Waals surface area contributed by atoms with Gasteiger partial charge in [0.25, 0.3) is 5.91 Å². The molecule has 0 aliphatic heterocycles. The Balaban J connectivity index is 2.84. The van der Waals surface area contributed by atoms with Crippen LogP contribution in [0, 0.1) is 5.92 Å². The molecule has 6 heteroatoms. The van der Waals surface area contributed by atoms with Crippen molar-refractivity contribution < 1.29 is 19.4 Å². The summed E-state index contributed by atoms with van der Waals surface area (Å²) in [4.78, 5) is 12.0. The van der Waals surface area contributed by atoms with Crippen LogP contribution >= 0.6 is 15.9 Å². The van der Waals surface area contributed by atoms with Gasteiger partial charge in [-0.1, -0.05) is 13.8 Å². The molecule has 0 spiro atoms. The summed E-state index contributed by atoms with van der Waals surface area (Å²) in [5.74, 6) is 1.12. The molecule has 1 aromatic carbocycles. The van der Waals surface area contributed by atoms with Gasteiger partial charge in [0.05, 0.1) is 18.2 Å². The highest BCUT2D eigenvalue weighted by molar-refractivity contribution is 9.10. The maximum atomic E-state index is 12.0. The fourth-order valence-corrected chi connectivity index (χ4v) is 2.24. The van der Waals surface area contributed by atoms with E-state index in [1.54, 1.807) is 19.1 Å². The van der Waals surface area contributed by atoms with Gasteiger partial charge in [-0.15, -0.1) is 0 Å². The normalized spacial score (nSPS) is 12.1. The lowest BCUT2D eigenvalue weighted by molar-refractivity contribution is -0.127. The fourth-order valence-electron chi connectivity index (χ4n) is 1.66. The second-order valence-corrected chi connectivity index (χ2v) is 6.02. The van der Waals surface area contributed by atoms with Crippen molar-refractivity contribution in [1.29, 1.82) is 0 Å². The number of aliphatic hydroxyl groups is 1. The third-order valence-electron chi connectivity index (χ3n) is 2.82. The van der Waals surface area contributed by atoms with Crippen LogP contribution in [0.4, 0.5) is 0 Å². The molecule has 1 atom stereocenters. The number of carbonyl (C=O) groups excluding carboxylic acids is 1. The van der Waals surface area contributed by atoms with Gasteiger partial charge in [-0.05, 0) is 46.5 Å². The van der Waals surface area contributed by atoms with E-state index < -0.39 is 6.10 Å². The number of hydrogen-bond donors (Lipinski definition) is 2. The van der Waals surface area contributed by atoms with Gasteiger partial charge in [0.2, 0.25) is 0 Å². The van der Waals surface area contributed by atoms with Crippen LogP contribution in [0.1, 0.15) is 26.3 Å². The average Bonchev–Trinajstić information content (AvgIpc) is 2.46. The van der Waals surface area contributed by atoms with Crippen molar-refractivity contribution in [3.63, 3.8) is 0 Å². The number of aliphatic hydroxyl groups excluding tert-OH is 1. The van der Waals surface area contributed by atoms with Crippen molar-refractivity contribution in [3.8, 4) is 11.5 Å². The second kappa shape index (κ2) is 8.24. The fraction of sp³-hybridized carbons (Fsp3) is 0.533. The van der Waals surface area contributed by atoms with Crippen molar-refractivity contribution in [2.75, 3.05) is 13.7 Å². The molecule has 0 fully saturated rings. The van der Waals surface area contributed by atoms with Crippen LogP contribution < -0.4 is 14.8 Å². The number of halogens is 1. The van der Waals surface area contributed by atoms with Crippen molar-refractivity contribution in [3.05, 3.63) is 22.2 Å². The molecule has 0 heterocycles. The molecule has 118 valence electrons. The first-order valence-electron chi connectivity index (χ1n) is 6.80. The number of ether oxygens (including phenoxy) is 2. The lowest BCUT2D eigenvalue weighted by atomic mass is 10.2. The van der Waals surface area contributed by atoms with Crippen molar-refractivity contribution >= 4 is 21.8 Å². The molecule has 0 aromatic heterocycles. The summed E-state index contributed by atoms with van der Waals surface area (Å²) in [5, 5.41) is 12.0. The largest absolute Gasteiger partial charge is 0.493 e. The minimum absolute atomic E-state index is 0.0976. The Kier molecular flexibility index (Phi) is 6.98. The number of nitrogens with one attached hydrogen (secondary N) is 1. The van der Waals surface area contributed by atoms with Gasteiger partial charge in [0.1, 0.15) is 0 Å². The zero-order chi connectivity index (χ0) is 16.0. The van der Waals surface area contributed by atoms with Gasteiger partial charge in [0, 0.05) is 6.54 Å². The summed E-state index contributed by atoms with van der Waals surface area (Å²) >= 11 is 3.37. The molecule has 0 aliphatic carbocycles. The summed E-state index contributed by atoms with van der Waals surface area (Å²) in [5.41, 5.74) is 0.697. The summed E-state index contributed by atoms with van der Waals surface area (Å²) < 4.78 is 11.6. The Hall–Kier alpha value is -1.27. The molecule has 21 heavy (non-hydrogen) atoms. The van der Waals surface area contributed by atoms with Crippen LogP contribution in [0.5, 0.6) is 11.5 Å². The summed E-state index contributed by atoms with van der Waals surface area (Å²) in [7, 11) is 1.51. The van der Waals surface area contributed by atoms with E-state index in [-0.39, 0.29) is 12.5 Å². The van der Waals surface area contributed by atoms with Gasteiger partial charge in [-0.25, -0.2) is 0 Å². The third kappa shape index (κ3) is 5.21. The number of amides is 1. The Morgan fingerprint density at radius 3 is 2.57 bits per heavy atom. The summed E-state index contributed by atoms with van der Waals surface area (Å²) in [6.07, 6.45) is -0.645. The number of carbonyl (C=O) groups is 1. The molecule has 1 rings (SSSR count). The summed E-state index contributed by atoms with van der Waals surface area (Å²) in [6.45, 7) is 6.24. The maximum Gasteiger partial charge on any atom is 0.260 e. The molecule has 0 saturated carbocycles. The highest BCUT2D eigenvalue weighted by atomic mass is 79.9. The third-order valence-corrected chi connectivity index (χ3v) is 3.41. The predicted octanol–water partition coefficient (Wildman–Crippen LogP) is 2.49. The monoisotopic (exact) mass is 359 g/mol. The van der Waals surface area contributed by atoms with Crippen LogP contribution in [0.2, 0.25) is 0 Å². The van der Waals surface area contributed by atoms with Gasteiger partial charge in [-0.2, -0.15) is 0 Å². The van der Waals surface area contributed by atoms with Crippen LogP contribution in [-0.4, -0.2) is 30.8 Å². The van der Waals surface area contributed by atoms with Crippen LogP contribution in [-0.2, 0) is 11.4 Å². The zero-order valence-corrected chi connectivity index (χ0v) is 14.4. The van der Waals surface area contributed by atoms with E-state index in [1.165, 1.54) is 7.11 Å². The van der Waals surface area contributed by atoms with E-state index in [9.17, 15) is 9.90 Å². The van der Waals surface area contributed by atoms with Gasteiger partial charge >= 0.3 is 0 Å². The van der Waals surface area contributed by atoms with Gasteiger partial charge in [-0.3, -0.25) is 4.79 Å². The highest BCUT2D eigenvalue weighted by Gasteiger charge is 2.19. The van der Waals surface area contributed by atoms with Crippen LogP contribution in [0.25, 0.3) is 0 Å². The van der Waals surface area contributed by atoms with E-state index in [4.69, 9.17) is 9.47 Å². The first kappa shape index (κ1) is 17.8. The molecule has 2 N–H and O–H groups in total. The number of hydrogen-bond acceptors (Lipinski definition) is 4. The minimum atomic E-state index is -0.645. The smallest absolute Gasteiger partial charge is 0.260 e. The van der Waals surface area contributed by atoms with E-state index >= 15 is 0 Å². The lowest BCUT2D eigenvalue weighted by Crippen LogP contribution is -2.38. The predicted molar refractivity (Wildman–Crippen MR) is 84.6 cm³/mol. The Bertz CT molecular complexity index is 491. The van der Waals surface area contributed by atoms with Crippen molar-refractivity contribution in [2.45, 2.75) is 33.5 Å². The topological polar surface area (TPSA) is 67.8 Å². The first-order valence-corrected chi connectivity index (χ1v) is 7.60. The van der Waals surface area contributed by atoms with E-state index in [0.29, 0.717) is 34.0 Å². The van der Waals surface area contributed by atoms with Crippen LogP contribution in [0.15, 0.2) is 16.6 Å². The maximum absolute atomic E-state index is 12.0. The van der Waals surface area contributed by atoms with E-state index in [1.807, 2.05) is 13.8 Å². The molecule has 0 saturated heterocycles. The number of methoxy groups -OCH3 is 1. The first-order chi connectivity index (χ1) is 9.88. The molecular weight excluding hydrogens is 338 g/mol. The van der Waals surface area contributed by atoms with Crippen molar-refractivity contribution in [2.24, 2.45) is 5.92 Å². The molecule has 0 bridgehead atoms. The molecular formula is C15H22BrNO4. The molecule has 0 radical (unpaired) electrons. The van der Waals surface area contributed by atoms with Crippen LogP contribution in [0.3, 0.4) is 0 Å². The quantitative estimate of drug-likeness (QED) is 0.784. The Morgan fingerprint density at radius 2 is 2.05 bits per heavy atom. The standard InChI is InChI=1S/C15H22BrNO4/c1-9(2)7-17-15(19)10(3)21-14-12(16)5-11(8-18)6-13(14)20-4/h5-6,9-10,18H,7-8H2,1-4H3,(H,17,19). The zero-order valence-electron chi connectivity index (χ0n) is 12.8. The van der Waals surface area contributed by atoms with Gasteiger partial charge in [0.15, 0.2) is 17.6 Å². The molecule has 1 aromatic rings. The minimum Gasteiger partial charge on any atom is -0.493 e. The van der Waals surface area contributed by atoms with E-state index in [0.717, 1.165) is 0 Å². The Morgan fingerprint density at radius 1 is 1.38 bits per heavy atom. The number of benzene rings is 1. The lowest BCUT2D eigenvalue weighted by Gasteiger charge is -2.19. The molecule has 1 amide bonds. The van der Waals surface area contributed by atoms with Crippen molar-refractivity contribution in [1.82, 2.24) is 5.32 Å². The number of rotatable bonds is 7. The Labute approximate surface area is 133 Å². The molecule has 5 nitrogen and oxygen atoms in total. The molecule has 0 aliphatic rings. The second-order valence-electron chi connectivity index (χ2n) is 5.17. The molecule has 1 unspecified atom stereocenters. The SMILES string of the molecule is COc1cc(CO)cc(Br)c1OC(C)C(=O)NCC(C)C. The average molecular weight is 360 g/mol.